The zero-order valence-electron chi connectivity index (χ0n) is 10.1. The molecular weight excluding hydrogens is 269 g/mol. The fraction of sp³-hybridized carbons (Fsp3) is 0.538. The van der Waals surface area contributed by atoms with Crippen molar-refractivity contribution in [2.24, 2.45) is 5.92 Å². The van der Waals surface area contributed by atoms with E-state index in [0.29, 0.717) is 12.0 Å². The molecule has 0 saturated carbocycles. The second-order valence-electron chi connectivity index (χ2n) is 4.64. The minimum Gasteiger partial charge on any atom is -0.314 e. The van der Waals surface area contributed by atoms with E-state index in [9.17, 15) is 4.39 Å². The SMILES string of the molecule is CC(C)CNC(C)Cc1cc(Br)ccc1F. The van der Waals surface area contributed by atoms with Gasteiger partial charge in [0.25, 0.3) is 0 Å². The molecule has 0 aliphatic rings. The summed E-state index contributed by atoms with van der Waals surface area (Å²) in [6.07, 6.45) is 0.720. The quantitative estimate of drug-likeness (QED) is 0.869. The summed E-state index contributed by atoms with van der Waals surface area (Å²) in [7, 11) is 0. The standard InChI is InChI=1S/C13H19BrFN/c1-9(2)8-16-10(3)6-11-7-12(14)4-5-13(11)15/h4-5,7,9-10,16H,6,8H2,1-3H3. The fourth-order valence-electron chi connectivity index (χ4n) is 1.54. The topological polar surface area (TPSA) is 12.0 Å². The van der Waals surface area contributed by atoms with Gasteiger partial charge in [0.05, 0.1) is 0 Å². The third-order valence-corrected chi connectivity index (χ3v) is 2.90. The molecule has 1 nitrogen and oxygen atoms in total. The summed E-state index contributed by atoms with van der Waals surface area (Å²) in [5, 5.41) is 3.40. The van der Waals surface area contributed by atoms with Crippen LogP contribution in [0, 0.1) is 11.7 Å². The Morgan fingerprint density at radius 1 is 1.31 bits per heavy atom. The Kier molecular flexibility index (Phi) is 5.42. The molecule has 3 heteroatoms. The van der Waals surface area contributed by atoms with Gasteiger partial charge in [0, 0.05) is 10.5 Å². The van der Waals surface area contributed by atoms with E-state index in [1.54, 1.807) is 6.07 Å². The molecule has 0 aliphatic heterocycles. The van der Waals surface area contributed by atoms with Crippen molar-refractivity contribution in [3.05, 3.63) is 34.1 Å². The second-order valence-corrected chi connectivity index (χ2v) is 5.56. The van der Waals surface area contributed by atoms with Crippen LogP contribution < -0.4 is 5.32 Å². The van der Waals surface area contributed by atoms with Crippen LogP contribution in [-0.4, -0.2) is 12.6 Å². The Balaban J connectivity index is 2.55. The summed E-state index contributed by atoms with van der Waals surface area (Å²) in [6, 6.07) is 5.38. The molecule has 1 N–H and O–H groups in total. The van der Waals surface area contributed by atoms with Crippen LogP contribution >= 0.6 is 15.9 Å². The molecule has 0 amide bonds. The largest absolute Gasteiger partial charge is 0.314 e. The maximum Gasteiger partial charge on any atom is 0.126 e. The van der Waals surface area contributed by atoms with Gasteiger partial charge in [-0.05, 0) is 49.6 Å². The van der Waals surface area contributed by atoms with Crippen LogP contribution in [0.4, 0.5) is 4.39 Å². The Morgan fingerprint density at radius 2 is 2.00 bits per heavy atom. The van der Waals surface area contributed by atoms with Gasteiger partial charge in [-0.25, -0.2) is 4.39 Å². The molecule has 16 heavy (non-hydrogen) atoms. The lowest BCUT2D eigenvalue weighted by atomic mass is 10.1. The predicted octanol–water partition coefficient (Wildman–Crippen LogP) is 3.76. The van der Waals surface area contributed by atoms with Gasteiger partial charge in [-0.15, -0.1) is 0 Å². The first-order chi connectivity index (χ1) is 7.49. The highest BCUT2D eigenvalue weighted by Gasteiger charge is 2.08. The summed E-state index contributed by atoms with van der Waals surface area (Å²) in [6.45, 7) is 7.39. The lowest BCUT2D eigenvalue weighted by Gasteiger charge is -2.16. The monoisotopic (exact) mass is 287 g/mol. The lowest BCUT2D eigenvalue weighted by molar-refractivity contribution is 0.475. The van der Waals surface area contributed by atoms with Gasteiger partial charge in [-0.1, -0.05) is 29.8 Å². The predicted molar refractivity (Wildman–Crippen MR) is 70.1 cm³/mol. The highest BCUT2D eigenvalue weighted by molar-refractivity contribution is 9.10. The first-order valence-corrected chi connectivity index (χ1v) is 6.45. The summed E-state index contributed by atoms with van der Waals surface area (Å²) >= 11 is 3.36. The highest BCUT2D eigenvalue weighted by Crippen LogP contribution is 2.16. The number of halogens is 2. The first-order valence-electron chi connectivity index (χ1n) is 5.66. The average molecular weight is 288 g/mol. The molecule has 1 aromatic carbocycles. The van der Waals surface area contributed by atoms with Gasteiger partial charge < -0.3 is 5.32 Å². The van der Waals surface area contributed by atoms with Crippen LogP contribution in [0.2, 0.25) is 0 Å². The summed E-state index contributed by atoms with van der Waals surface area (Å²) in [5.74, 6) is 0.496. The number of rotatable bonds is 5. The van der Waals surface area contributed by atoms with Crippen LogP contribution in [0.1, 0.15) is 26.3 Å². The van der Waals surface area contributed by atoms with E-state index in [2.05, 4.69) is 42.0 Å². The van der Waals surface area contributed by atoms with Crippen molar-refractivity contribution in [1.82, 2.24) is 5.32 Å². The third kappa shape index (κ3) is 4.62. The molecular formula is C13H19BrFN. The highest BCUT2D eigenvalue weighted by atomic mass is 79.9. The molecule has 0 spiro atoms. The number of benzene rings is 1. The van der Waals surface area contributed by atoms with E-state index in [0.717, 1.165) is 23.0 Å². The van der Waals surface area contributed by atoms with E-state index >= 15 is 0 Å². The van der Waals surface area contributed by atoms with Gasteiger partial charge in [-0.2, -0.15) is 0 Å². The van der Waals surface area contributed by atoms with Crippen LogP contribution in [0.3, 0.4) is 0 Å². The minimum atomic E-state index is -0.124. The average Bonchev–Trinajstić information content (AvgIpc) is 2.20. The smallest absolute Gasteiger partial charge is 0.126 e. The lowest BCUT2D eigenvalue weighted by Crippen LogP contribution is -2.31. The van der Waals surface area contributed by atoms with E-state index < -0.39 is 0 Å². The fourth-order valence-corrected chi connectivity index (χ4v) is 1.95. The third-order valence-electron chi connectivity index (χ3n) is 2.41. The summed E-state index contributed by atoms with van der Waals surface area (Å²) in [4.78, 5) is 0. The van der Waals surface area contributed by atoms with Gasteiger partial charge in [0.2, 0.25) is 0 Å². The van der Waals surface area contributed by atoms with Gasteiger partial charge in [0.1, 0.15) is 5.82 Å². The Bertz CT molecular complexity index is 339. The molecule has 0 bridgehead atoms. The van der Waals surface area contributed by atoms with Crippen molar-refractivity contribution in [2.45, 2.75) is 33.2 Å². The van der Waals surface area contributed by atoms with E-state index in [1.165, 1.54) is 6.07 Å². The Hall–Kier alpha value is -0.410. The van der Waals surface area contributed by atoms with E-state index in [-0.39, 0.29) is 5.82 Å². The molecule has 1 aromatic rings. The normalized spacial score (nSPS) is 13.1. The molecule has 1 atom stereocenters. The van der Waals surface area contributed by atoms with Gasteiger partial charge in [-0.3, -0.25) is 0 Å². The molecule has 0 radical (unpaired) electrons. The molecule has 1 rings (SSSR count). The molecule has 90 valence electrons. The van der Waals surface area contributed by atoms with Crippen LogP contribution in [0.25, 0.3) is 0 Å². The minimum absolute atomic E-state index is 0.124. The zero-order valence-corrected chi connectivity index (χ0v) is 11.6. The van der Waals surface area contributed by atoms with E-state index in [4.69, 9.17) is 0 Å². The number of nitrogens with one attached hydrogen (secondary N) is 1. The van der Waals surface area contributed by atoms with Crippen LogP contribution in [-0.2, 0) is 6.42 Å². The maximum atomic E-state index is 13.5. The second kappa shape index (κ2) is 6.36. The number of hydrogen-bond donors (Lipinski definition) is 1. The van der Waals surface area contributed by atoms with Crippen molar-refractivity contribution in [3.63, 3.8) is 0 Å². The van der Waals surface area contributed by atoms with Crippen LogP contribution in [0.15, 0.2) is 22.7 Å². The first kappa shape index (κ1) is 13.7. The van der Waals surface area contributed by atoms with Crippen molar-refractivity contribution in [1.29, 1.82) is 0 Å². The number of hydrogen-bond acceptors (Lipinski definition) is 1. The van der Waals surface area contributed by atoms with Gasteiger partial charge >= 0.3 is 0 Å². The maximum absolute atomic E-state index is 13.5. The van der Waals surface area contributed by atoms with Crippen molar-refractivity contribution in [2.75, 3.05) is 6.54 Å². The molecule has 1 unspecified atom stereocenters. The van der Waals surface area contributed by atoms with Crippen LogP contribution in [0.5, 0.6) is 0 Å². The molecule has 0 aromatic heterocycles. The Labute approximate surface area is 106 Å². The zero-order chi connectivity index (χ0) is 12.1. The Morgan fingerprint density at radius 3 is 2.62 bits per heavy atom. The molecule has 0 heterocycles. The molecule has 0 saturated heterocycles. The molecule has 0 fully saturated rings. The molecule has 0 aliphatic carbocycles. The van der Waals surface area contributed by atoms with Crippen molar-refractivity contribution in [3.8, 4) is 0 Å². The van der Waals surface area contributed by atoms with Crippen molar-refractivity contribution >= 4 is 15.9 Å². The van der Waals surface area contributed by atoms with E-state index in [1.807, 2.05) is 6.07 Å². The summed E-state index contributed by atoms with van der Waals surface area (Å²) in [5.41, 5.74) is 0.762. The summed E-state index contributed by atoms with van der Waals surface area (Å²) < 4.78 is 14.4. The van der Waals surface area contributed by atoms with Gasteiger partial charge in [0.15, 0.2) is 0 Å². The van der Waals surface area contributed by atoms with Crippen molar-refractivity contribution < 1.29 is 4.39 Å².